The standard InChI is InChI=1S/C22H21FN2O3S/c1-14-21(29-20(25-14)13-27-18-8-6-17(23)7-9-18)22(26)24-11-15-10-16-4-2-3-5-19(16)28-12-15/h2-9,15H,10-13H2,1H3,(H,24,26)/t15-/m1/s1. The number of benzene rings is 2. The number of hydrogen-bond acceptors (Lipinski definition) is 5. The summed E-state index contributed by atoms with van der Waals surface area (Å²) in [5, 5.41) is 3.70. The number of hydrogen-bond donors (Lipinski definition) is 1. The first-order chi connectivity index (χ1) is 14.1. The van der Waals surface area contributed by atoms with E-state index in [1.165, 1.54) is 29.0 Å². The average molecular weight is 412 g/mol. The van der Waals surface area contributed by atoms with Crippen molar-refractivity contribution < 1.29 is 18.7 Å². The topological polar surface area (TPSA) is 60.5 Å². The highest BCUT2D eigenvalue weighted by Crippen LogP contribution is 2.26. The number of nitrogens with zero attached hydrogens (tertiary/aromatic N) is 1. The highest BCUT2D eigenvalue weighted by atomic mass is 32.1. The Balaban J connectivity index is 1.31. The smallest absolute Gasteiger partial charge is 0.263 e. The first-order valence-electron chi connectivity index (χ1n) is 9.42. The molecule has 1 amide bonds. The van der Waals surface area contributed by atoms with Gasteiger partial charge in [-0.15, -0.1) is 11.3 Å². The van der Waals surface area contributed by atoms with E-state index in [0.717, 1.165) is 12.2 Å². The summed E-state index contributed by atoms with van der Waals surface area (Å²) < 4.78 is 24.4. The summed E-state index contributed by atoms with van der Waals surface area (Å²) in [5.74, 6) is 1.28. The number of fused-ring (bicyclic) bond motifs is 1. The molecule has 1 aliphatic rings. The van der Waals surface area contributed by atoms with Gasteiger partial charge in [-0.2, -0.15) is 0 Å². The fraction of sp³-hybridized carbons (Fsp3) is 0.273. The molecule has 0 unspecified atom stereocenters. The van der Waals surface area contributed by atoms with Crippen molar-refractivity contribution in [1.29, 1.82) is 0 Å². The van der Waals surface area contributed by atoms with E-state index in [9.17, 15) is 9.18 Å². The van der Waals surface area contributed by atoms with Crippen LogP contribution >= 0.6 is 11.3 Å². The summed E-state index contributed by atoms with van der Waals surface area (Å²) in [4.78, 5) is 17.6. The minimum atomic E-state index is -0.312. The molecule has 0 radical (unpaired) electrons. The molecule has 7 heteroatoms. The first kappa shape index (κ1) is 19.4. The van der Waals surface area contributed by atoms with Crippen molar-refractivity contribution in [2.24, 2.45) is 5.92 Å². The van der Waals surface area contributed by atoms with Crippen molar-refractivity contribution in [1.82, 2.24) is 10.3 Å². The van der Waals surface area contributed by atoms with E-state index in [0.29, 0.717) is 34.5 Å². The highest BCUT2D eigenvalue weighted by Gasteiger charge is 2.21. The number of para-hydroxylation sites is 1. The molecule has 2 heterocycles. The van der Waals surface area contributed by atoms with Crippen LogP contribution in [0.1, 0.15) is 25.9 Å². The molecule has 0 bridgehead atoms. The van der Waals surface area contributed by atoms with E-state index in [1.807, 2.05) is 25.1 Å². The number of aromatic nitrogens is 1. The van der Waals surface area contributed by atoms with Gasteiger partial charge in [-0.3, -0.25) is 4.79 Å². The zero-order valence-corrected chi connectivity index (χ0v) is 16.8. The van der Waals surface area contributed by atoms with Crippen LogP contribution in [0, 0.1) is 18.7 Å². The van der Waals surface area contributed by atoms with Crippen LogP contribution in [-0.2, 0) is 13.0 Å². The molecule has 0 saturated carbocycles. The Morgan fingerprint density at radius 3 is 2.90 bits per heavy atom. The van der Waals surface area contributed by atoms with Gasteiger partial charge in [0.25, 0.3) is 5.91 Å². The molecule has 0 fully saturated rings. The van der Waals surface area contributed by atoms with E-state index in [2.05, 4.69) is 16.4 Å². The zero-order valence-electron chi connectivity index (χ0n) is 16.0. The number of nitrogens with one attached hydrogen (secondary N) is 1. The maximum absolute atomic E-state index is 13.0. The minimum Gasteiger partial charge on any atom is -0.493 e. The van der Waals surface area contributed by atoms with Crippen molar-refractivity contribution in [3.63, 3.8) is 0 Å². The van der Waals surface area contributed by atoms with Gasteiger partial charge in [0.2, 0.25) is 0 Å². The molecule has 4 rings (SSSR count). The summed E-state index contributed by atoms with van der Waals surface area (Å²) in [6.45, 7) is 3.19. The van der Waals surface area contributed by atoms with Gasteiger partial charge in [0.1, 0.15) is 33.8 Å². The van der Waals surface area contributed by atoms with E-state index in [-0.39, 0.29) is 24.2 Å². The number of carbonyl (C=O) groups excluding carboxylic acids is 1. The maximum Gasteiger partial charge on any atom is 0.263 e. The largest absolute Gasteiger partial charge is 0.493 e. The number of amides is 1. The quantitative estimate of drug-likeness (QED) is 0.661. The molecule has 2 aromatic carbocycles. The molecule has 0 saturated heterocycles. The monoisotopic (exact) mass is 412 g/mol. The second-order valence-corrected chi connectivity index (χ2v) is 8.05. The van der Waals surface area contributed by atoms with Crippen LogP contribution in [0.4, 0.5) is 4.39 Å². The second kappa shape index (κ2) is 8.61. The molecule has 1 N–H and O–H groups in total. The summed E-state index contributed by atoms with van der Waals surface area (Å²) in [5.41, 5.74) is 1.85. The van der Waals surface area contributed by atoms with Crippen molar-refractivity contribution in [2.45, 2.75) is 20.0 Å². The lowest BCUT2D eigenvalue weighted by Gasteiger charge is -2.25. The molecule has 150 valence electrons. The molecular formula is C22H21FN2O3S. The van der Waals surface area contributed by atoms with Gasteiger partial charge in [-0.25, -0.2) is 9.37 Å². The number of halogens is 1. The summed E-state index contributed by atoms with van der Waals surface area (Å²) in [6, 6.07) is 13.8. The Morgan fingerprint density at radius 2 is 2.07 bits per heavy atom. The Hall–Kier alpha value is -2.93. The molecule has 3 aromatic rings. The number of ether oxygens (including phenoxy) is 2. The molecule has 0 spiro atoms. The summed E-state index contributed by atoms with van der Waals surface area (Å²) in [6.07, 6.45) is 0.884. The van der Waals surface area contributed by atoms with Gasteiger partial charge in [-0.1, -0.05) is 18.2 Å². The van der Waals surface area contributed by atoms with Crippen LogP contribution in [0.3, 0.4) is 0 Å². The van der Waals surface area contributed by atoms with Gasteiger partial charge in [-0.05, 0) is 49.2 Å². The van der Waals surface area contributed by atoms with E-state index >= 15 is 0 Å². The maximum atomic E-state index is 13.0. The van der Waals surface area contributed by atoms with Crippen LogP contribution in [0.15, 0.2) is 48.5 Å². The lowest BCUT2D eigenvalue weighted by molar-refractivity contribution is 0.0942. The molecular weight excluding hydrogens is 391 g/mol. The second-order valence-electron chi connectivity index (χ2n) is 6.96. The van der Waals surface area contributed by atoms with E-state index in [4.69, 9.17) is 9.47 Å². The number of rotatable bonds is 6. The van der Waals surface area contributed by atoms with Crippen molar-refractivity contribution in [2.75, 3.05) is 13.2 Å². The molecule has 29 heavy (non-hydrogen) atoms. The molecule has 1 atom stereocenters. The van der Waals surface area contributed by atoms with Crippen LogP contribution in [-0.4, -0.2) is 24.0 Å². The molecule has 1 aromatic heterocycles. The SMILES string of the molecule is Cc1nc(COc2ccc(F)cc2)sc1C(=O)NC[C@@H]1COc2ccccc2C1. The highest BCUT2D eigenvalue weighted by molar-refractivity contribution is 7.13. The van der Waals surface area contributed by atoms with Gasteiger partial charge in [0.15, 0.2) is 0 Å². The number of aryl methyl sites for hydroxylation is 1. The molecule has 1 aliphatic heterocycles. The lowest BCUT2D eigenvalue weighted by Crippen LogP contribution is -2.34. The van der Waals surface area contributed by atoms with Crippen LogP contribution in [0.25, 0.3) is 0 Å². The third kappa shape index (κ3) is 4.74. The minimum absolute atomic E-state index is 0.133. The first-order valence-corrected chi connectivity index (χ1v) is 10.2. The van der Waals surface area contributed by atoms with Crippen LogP contribution < -0.4 is 14.8 Å². The van der Waals surface area contributed by atoms with Gasteiger partial charge in [0.05, 0.1) is 12.3 Å². The lowest BCUT2D eigenvalue weighted by atomic mass is 9.97. The van der Waals surface area contributed by atoms with Crippen molar-refractivity contribution in [3.05, 3.63) is 75.5 Å². The Labute approximate surface area is 172 Å². The van der Waals surface area contributed by atoms with Crippen molar-refractivity contribution in [3.8, 4) is 11.5 Å². The van der Waals surface area contributed by atoms with Crippen LogP contribution in [0.2, 0.25) is 0 Å². The zero-order chi connectivity index (χ0) is 20.2. The van der Waals surface area contributed by atoms with Gasteiger partial charge in [0, 0.05) is 12.5 Å². The van der Waals surface area contributed by atoms with Gasteiger partial charge < -0.3 is 14.8 Å². The normalized spacial score (nSPS) is 15.3. The van der Waals surface area contributed by atoms with Gasteiger partial charge >= 0.3 is 0 Å². The Morgan fingerprint density at radius 1 is 1.28 bits per heavy atom. The number of carbonyl (C=O) groups is 1. The third-order valence-corrected chi connectivity index (χ3v) is 5.86. The Bertz CT molecular complexity index is 1000. The summed E-state index contributed by atoms with van der Waals surface area (Å²) >= 11 is 1.31. The molecule has 5 nitrogen and oxygen atoms in total. The fourth-order valence-corrected chi connectivity index (χ4v) is 4.13. The average Bonchev–Trinajstić information content (AvgIpc) is 3.12. The summed E-state index contributed by atoms with van der Waals surface area (Å²) in [7, 11) is 0. The third-order valence-electron chi connectivity index (χ3n) is 4.73. The predicted molar refractivity (Wildman–Crippen MR) is 109 cm³/mol. The van der Waals surface area contributed by atoms with E-state index in [1.54, 1.807) is 12.1 Å². The van der Waals surface area contributed by atoms with E-state index < -0.39 is 0 Å². The fourth-order valence-electron chi connectivity index (χ4n) is 3.24. The van der Waals surface area contributed by atoms with Crippen LogP contribution in [0.5, 0.6) is 11.5 Å². The predicted octanol–water partition coefficient (Wildman–Crippen LogP) is 4.15. The van der Waals surface area contributed by atoms with Crippen molar-refractivity contribution >= 4 is 17.2 Å². The number of thiazole rings is 1. The Kier molecular flexibility index (Phi) is 5.76. The molecule has 0 aliphatic carbocycles.